The van der Waals surface area contributed by atoms with Crippen LogP contribution < -0.4 is 0 Å². The van der Waals surface area contributed by atoms with Gasteiger partial charge in [0.25, 0.3) is 0 Å². The van der Waals surface area contributed by atoms with Crippen molar-refractivity contribution in [2.24, 2.45) is 0 Å². The van der Waals surface area contributed by atoms with Gasteiger partial charge in [0.15, 0.2) is 0 Å². The van der Waals surface area contributed by atoms with Gasteiger partial charge in [0.1, 0.15) is 6.29 Å². The Kier molecular flexibility index (Phi) is 11.2. The molecule has 1 heterocycles. The molecule has 27 heavy (non-hydrogen) atoms. The van der Waals surface area contributed by atoms with Gasteiger partial charge in [0.2, 0.25) is 0 Å². The second-order valence-electron chi connectivity index (χ2n) is 6.21. The van der Waals surface area contributed by atoms with Gasteiger partial charge in [0, 0.05) is 4.88 Å². The number of hydrogen-bond acceptors (Lipinski definition) is 2. The van der Waals surface area contributed by atoms with Crippen molar-refractivity contribution < 1.29 is 4.79 Å². The first kappa shape index (κ1) is 22.3. The molecule has 0 saturated heterocycles. The summed E-state index contributed by atoms with van der Waals surface area (Å²) in [5.41, 5.74) is 4.24. The van der Waals surface area contributed by atoms with Gasteiger partial charge in [-0.25, -0.2) is 0 Å². The molecule has 0 aliphatic rings. The standard InChI is InChI=1S/C25H28OS/c1-21(10-5-6-11-22(2)13-8-15-24(4)20-26)12-7-14-23(3)17-18-25-16-9-19-27-25/h5-20H,1-4H3/b6-5+,12-7+,13-8+,18-17+,21-10+,22-11+,23-14+,24-15+. The minimum Gasteiger partial charge on any atom is -0.298 e. The molecule has 0 unspecified atom stereocenters. The van der Waals surface area contributed by atoms with Crippen molar-refractivity contribution in [3.05, 3.63) is 112 Å². The molecule has 1 nitrogen and oxygen atoms in total. The van der Waals surface area contributed by atoms with Gasteiger partial charge < -0.3 is 0 Å². The molecule has 0 atom stereocenters. The van der Waals surface area contributed by atoms with Crippen LogP contribution in [0, 0.1) is 0 Å². The molecule has 0 N–H and O–H groups in total. The molecule has 0 aliphatic heterocycles. The van der Waals surface area contributed by atoms with Crippen molar-refractivity contribution in [3.63, 3.8) is 0 Å². The lowest BCUT2D eigenvalue weighted by Gasteiger charge is -1.90. The third-order valence-electron chi connectivity index (χ3n) is 3.51. The minimum atomic E-state index is 0.714. The Morgan fingerprint density at radius 1 is 0.741 bits per heavy atom. The van der Waals surface area contributed by atoms with E-state index in [4.69, 9.17) is 0 Å². The van der Waals surface area contributed by atoms with E-state index in [9.17, 15) is 4.79 Å². The van der Waals surface area contributed by atoms with Crippen molar-refractivity contribution in [2.75, 3.05) is 0 Å². The predicted molar refractivity (Wildman–Crippen MR) is 122 cm³/mol. The second-order valence-corrected chi connectivity index (χ2v) is 7.19. The molecule has 0 spiro atoms. The fourth-order valence-corrected chi connectivity index (χ4v) is 2.54. The maximum absolute atomic E-state index is 10.5. The summed E-state index contributed by atoms with van der Waals surface area (Å²) >= 11 is 1.74. The van der Waals surface area contributed by atoms with Crippen LogP contribution >= 0.6 is 11.3 Å². The summed E-state index contributed by atoms with van der Waals surface area (Å²) in [5, 5.41) is 2.08. The van der Waals surface area contributed by atoms with Gasteiger partial charge >= 0.3 is 0 Å². The fourth-order valence-electron chi connectivity index (χ4n) is 1.92. The van der Waals surface area contributed by atoms with Crippen LogP contribution in [0.15, 0.2) is 107 Å². The van der Waals surface area contributed by atoms with Crippen molar-refractivity contribution in [2.45, 2.75) is 27.7 Å². The predicted octanol–water partition coefficient (Wildman–Crippen LogP) is 7.41. The van der Waals surface area contributed by atoms with Crippen molar-refractivity contribution in [1.82, 2.24) is 0 Å². The lowest BCUT2D eigenvalue weighted by Crippen LogP contribution is -1.73. The van der Waals surface area contributed by atoms with Crippen LogP contribution in [-0.2, 0) is 4.79 Å². The first-order chi connectivity index (χ1) is 13.0. The largest absolute Gasteiger partial charge is 0.298 e. The zero-order valence-electron chi connectivity index (χ0n) is 16.6. The quantitative estimate of drug-likeness (QED) is 0.249. The van der Waals surface area contributed by atoms with Crippen LogP contribution in [-0.4, -0.2) is 6.29 Å². The summed E-state index contributed by atoms with van der Waals surface area (Å²) in [7, 11) is 0. The van der Waals surface area contributed by atoms with E-state index in [-0.39, 0.29) is 0 Å². The van der Waals surface area contributed by atoms with E-state index in [1.807, 2.05) is 37.3 Å². The lowest BCUT2D eigenvalue weighted by molar-refractivity contribution is -0.104. The third kappa shape index (κ3) is 11.5. The Hall–Kier alpha value is -2.71. The van der Waals surface area contributed by atoms with E-state index in [0.29, 0.717) is 5.57 Å². The number of hydrogen-bond donors (Lipinski definition) is 0. The number of aldehydes is 1. The van der Waals surface area contributed by atoms with Crippen LogP contribution in [0.4, 0.5) is 0 Å². The number of thiophene rings is 1. The maximum atomic E-state index is 10.5. The van der Waals surface area contributed by atoms with Crippen molar-refractivity contribution >= 4 is 23.7 Å². The molecular weight excluding hydrogens is 348 g/mol. The van der Waals surface area contributed by atoms with Gasteiger partial charge in [-0.05, 0) is 50.8 Å². The SMILES string of the molecule is C\C(C=O)=C/C=C/C(C)=C/C=C/C=C(C)/C=C/C=C(C)/C=C/c1cccs1. The van der Waals surface area contributed by atoms with Gasteiger partial charge in [-0.15, -0.1) is 11.3 Å². The fraction of sp³-hybridized carbons (Fsp3) is 0.160. The molecule has 0 saturated carbocycles. The highest BCUT2D eigenvalue weighted by molar-refractivity contribution is 7.10. The Balaban J connectivity index is 2.52. The summed E-state index contributed by atoms with van der Waals surface area (Å²) in [6, 6.07) is 4.17. The highest BCUT2D eigenvalue weighted by Gasteiger charge is 1.85. The topological polar surface area (TPSA) is 17.1 Å². The third-order valence-corrected chi connectivity index (χ3v) is 4.34. The summed E-state index contributed by atoms with van der Waals surface area (Å²) in [5.74, 6) is 0. The van der Waals surface area contributed by atoms with Crippen LogP contribution in [0.25, 0.3) is 6.08 Å². The highest BCUT2D eigenvalue weighted by atomic mass is 32.1. The molecule has 0 fully saturated rings. The molecule has 1 aromatic rings. The molecule has 2 heteroatoms. The average molecular weight is 377 g/mol. The van der Waals surface area contributed by atoms with E-state index >= 15 is 0 Å². The van der Waals surface area contributed by atoms with Crippen LogP contribution in [0.5, 0.6) is 0 Å². The van der Waals surface area contributed by atoms with Crippen LogP contribution in [0.1, 0.15) is 32.6 Å². The Morgan fingerprint density at radius 3 is 1.78 bits per heavy atom. The van der Waals surface area contributed by atoms with Crippen molar-refractivity contribution in [1.29, 1.82) is 0 Å². The molecule has 0 amide bonds. The molecule has 0 aliphatic carbocycles. The highest BCUT2D eigenvalue weighted by Crippen LogP contribution is 2.12. The smallest absolute Gasteiger partial charge is 0.145 e. The van der Waals surface area contributed by atoms with Gasteiger partial charge in [0.05, 0.1) is 0 Å². The number of carbonyl (C=O) groups is 1. The Labute approximate surface area is 167 Å². The summed E-state index contributed by atoms with van der Waals surface area (Å²) in [4.78, 5) is 11.8. The second kappa shape index (κ2) is 13.5. The first-order valence-electron chi connectivity index (χ1n) is 8.90. The molecular formula is C25H28OS. The molecule has 0 aromatic carbocycles. The number of allylic oxidation sites excluding steroid dienone is 15. The monoisotopic (exact) mass is 376 g/mol. The molecule has 1 rings (SSSR count). The van der Waals surface area contributed by atoms with E-state index < -0.39 is 0 Å². The Bertz CT molecular complexity index is 820. The zero-order chi connectivity index (χ0) is 19.9. The number of carbonyl (C=O) groups excluding carboxylic acids is 1. The van der Waals surface area contributed by atoms with E-state index in [0.717, 1.165) is 11.9 Å². The van der Waals surface area contributed by atoms with Gasteiger partial charge in [-0.1, -0.05) is 89.6 Å². The zero-order valence-corrected chi connectivity index (χ0v) is 17.4. The molecule has 1 aromatic heterocycles. The van der Waals surface area contributed by atoms with Crippen LogP contribution in [0.3, 0.4) is 0 Å². The summed E-state index contributed by atoms with van der Waals surface area (Å²) in [6.07, 6.45) is 25.2. The van der Waals surface area contributed by atoms with E-state index in [1.165, 1.54) is 16.0 Å². The van der Waals surface area contributed by atoms with Crippen LogP contribution in [0.2, 0.25) is 0 Å². The normalized spacial score (nSPS) is 15.1. The molecule has 0 radical (unpaired) electrons. The molecule has 0 bridgehead atoms. The Morgan fingerprint density at radius 2 is 1.26 bits per heavy atom. The summed E-state index contributed by atoms with van der Waals surface area (Å²) in [6.45, 7) is 7.99. The average Bonchev–Trinajstić information content (AvgIpc) is 3.17. The minimum absolute atomic E-state index is 0.714. The van der Waals surface area contributed by atoms with E-state index in [1.54, 1.807) is 24.3 Å². The molecule has 140 valence electrons. The summed E-state index contributed by atoms with van der Waals surface area (Å²) < 4.78 is 0. The van der Waals surface area contributed by atoms with Gasteiger partial charge in [-0.2, -0.15) is 0 Å². The van der Waals surface area contributed by atoms with Crippen molar-refractivity contribution in [3.8, 4) is 0 Å². The van der Waals surface area contributed by atoms with Gasteiger partial charge in [-0.3, -0.25) is 4.79 Å². The maximum Gasteiger partial charge on any atom is 0.145 e. The lowest BCUT2D eigenvalue weighted by atomic mass is 10.2. The number of rotatable bonds is 9. The first-order valence-corrected chi connectivity index (χ1v) is 9.78. The van der Waals surface area contributed by atoms with E-state index in [2.05, 4.69) is 67.8 Å².